The Morgan fingerprint density at radius 3 is 1.94 bits per heavy atom. The highest BCUT2D eigenvalue weighted by molar-refractivity contribution is 7.91. The molecule has 2 rings (SSSR count). The van der Waals surface area contributed by atoms with E-state index in [0.29, 0.717) is 12.1 Å². The van der Waals surface area contributed by atoms with E-state index >= 15 is 0 Å². The summed E-state index contributed by atoms with van der Waals surface area (Å²) in [6, 6.07) is 8.90. The van der Waals surface area contributed by atoms with Crippen molar-refractivity contribution in [2.24, 2.45) is 0 Å². The van der Waals surface area contributed by atoms with Gasteiger partial charge in [0.25, 0.3) is 0 Å². The minimum absolute atomic E-state index is 0.261. The molecule has 0 heterocycles. The lowest BCUT2D eigenvalue weighted by molar-refractivity contribution is 0.497. The molecule has 0 fully saturated rings. The Hall–Kier alpha value is -1.46. The third-order valence-electron chi connectivity index (χ3n) is 2.11. The third kappa shape index (κ3) is 2.45. The molecule has 17 heavy (non-hydrogen) atoms. The molecule has 2 aromatic carbocycles. The number of halogens is 3. The molecule has 2 aromatic rings. The molecule has 88 valence electrons. The van der Waals surface area contributed by atoms with Gasteiger partial charge in [0.15, 0.2) is 16.5 Å². The van der Waals surface area contributed by atoms with Crippen molar-refractivity contribution in [2.45, 2.75) is 9.79 Å². The average Bonchev–Trinajstić information content (AvgIpc) is 2.28. The van der Waals surface area contributed by atoms with Crippen LogP contribution in [0.2, 0.25) is 0 Å². The summed E-state index contributed by atoms with van der Waals surface area (Å²) in [6.07, 6.45) is 0. The summed E-state index contributed by atoms with van der Waals surface area (Å²) < 4.78 is 51.4. The molecule has 0 N–H and O–H groups in total. The lowest BCUT2D eigenvalue weighted by Crippen LogP contribution is -2.08. The van der Waals surface area contributed by atoms with Crippen LogP contribution < -0.4 is 0 Å². The van der Waals surface area contributed by atoms with Crippen molar-refractivity contribution in [1.82, 2.24) is 0 Å². The van der Waals surface area contributed by atoms with Crippen LogP contribution in [-0.4, -0.2) is 4.55 Å². The third-order valence-corrected chi connectivity index (χ3v) is 3.57. The van der Waals surface area contributed by atoms with Gasteiger partial charge in [-0.05, 0) is 12.1 Å². The van der Waals surface area contributed by atoms with Gasteiger partial charge in [-0.25, -0.2) is 13.2 Å². The van der Waals surface area contributed by atoms with E-state index in [1.807, 2.05) is 0 Å². The highest BCUT2D eigenvalue weighted by Crippen LogP contribution is 2.26. The Labute approximate surface area is 99.1 Å². The van der Waals surface area contributed by atoms with Crippen LogP contribution in [0.15, 0.2) is 52.3 Å². The van der Waals surface area contributed by atoms with Crippen molar-refractivity contribution in [3.8, 4) is 0 Å². The maximum absolute atomic E-state index is 13.4. The standard InChI is InChI=1S/C12H7F3OS/c13-8-6-10(14)12(11(15)7-8)17(16)9-4-2-1-3-5-9/h1-7H. The minimum atomic E-state index is -1.99. The van der Waals surface area contributed by atoms with Gasteiger partial charge in [-0.1, -0.05) is 18.2 Å². The first-order valence-corrected chi connectivity index (χ1v) is 5.86. The van der Waals surface area contributed by atoms with Crippen LogP contribution in [0.5, 0.6) is 0 Å². The van der Waals surface area contributed by atoms with Crippen LogP contribution in [-0.2, 0) is 11.2 Å². The highest BCUT2D eigenvalue weighted by Gasteiger charge is 2.25. The summed E-state index contributed by atoms with van der Waals surface area (Å²) in [4.78, 5) is -0.366. The second-order valence-corrected chi connectivity index (χ2v) is 4.70. The van der Waals surface area contributed by atoms with E-state index in [0.717, 1.165) is 0 Å². The van der Waals surface area contributed by atoms with Gasteiger partial charge in [0, 0.05) is 23.3 Å². The lowest BCUT2D eigenvalue weighted by Gasteiger charge is -2.11. The van der Waals surface area contributed by atoms with E-state index in [1.54, 1.807) is 18.2 Å². The zero-order chi connectivity index (χ0) is 12.4. The predicted molar refractivity (Wildman–Crippen MR) is 57.4 cm³/mol. The van der Waals surface area contributed by atoms with Gasteiger partial charge in [-0.3, -0.25) is 0 Å². The predicted octanol–water partition coefficient (Wildman–Crippen LogP) is 3.27. The van der Waals surface area contributed by atoms with Crippen LogP contribution >= 0.6 is 0 Å². The van der Waals surface area contributed by atoms with Crippen molar-refractivity contribution in [3.05, 3.63) is 59.9 Å². The van der Waals surface area contributed by atoms with Gasteiger partial charge in [0.05, 0.1) is 0 Å². The Morgan fingerprint density at radius 2 is 1.41 bits per heavy atom. The van der Waals surface area contributed by atoms with Crippen molar-refractivity contribution in [2.75, 3.05) is 0 Å². The maximum atomic E-state index is 13.4. The first kappa shape index (κ1) is 12.0. The molecule has 0 aromatic heterocycles. The summed E-state index contributed by atoms with van der Waals surface area (Å²) in [6.45, 7) is 0. The van der Waals surface area contributed by atoms with Gasteiger partial charge in [-0.2, -0.15) is 0 Å². The Bertz CT molecular complexity index is 508. The van der Waals surface area contributed by atoms with Gasteiger partial charge in [-0.15, -0.1) is 0 Å². The maximum Gasteiger partial charge on any atom is 0.229 e. The zero-order valence-electron chi connectivity index (χ0n) is 8.49. The van der Waals surface area contributed by atoms with Gasteiger partial charge in [0.2, 0.25) is 4.90 Å². The Balaban J connectivity index is 2.48. The first-order chi connectivity index (χ1) is 8.09. The monoisotopic (exact) mass is 256 g/mol. The summed E-state index contributed by atoms with van der Waals surface area (Å²) >= 11 is -1.99. The fourth-order valence-electron chi connectivity index (χ4n) is 1.37. The molecule has 1 atom stereocenters. The van der Waals surface area contributed by atoms with Crippen LogP contribution in [0, 0.1) is 17.5 Å². The number of rotatable bonds is 2. The summed E-state index contributed by atoms with van der Waals surface area (Å²) in [5.41, 5.74) is 0. The lowest BCUT2D eigenvalue weighted by atomic mass is 10.3. The highest BCUT2D eigenvalue weighted by atomic mass is 32.2. The second-order valence-electron chi connectivity index (χ2n) is 3.28. The molecule has 0 amide bonds. The average molecular weight is 256 g/mol. The fraction of sp³-hybridized carbons (Fsp3) is 0. The molecule has 0 saturated carbocycles. The van der Waals surface area contributed by atoms with Gasteiger partial charge in [0.1, 0.15) is 5.82 Å². The molecule has 0 bridgehead atoms. The molecule has 0 radical (unpaired) electrons. The summed E-state index contributed by atoms with van der Waals surface area (Å²) in [7, 11) is 0. The minimum Gasteiger partial charge on any atom is -0.606 e. The molecular formula is C12H7F3OS. The normalized spacial score (nSPS) is 12.5. The van der Waals surface area contributed by atoms with E-state index < -0.39 is 33.5 Å². The van der Waals surface area contributed by atoms with Gasteiger partial charge >= 0.3 is 0 Å². The van der Waals surface area contributed by atoms with Crippen molar-refractivity contribution in [1.29, 1.82) is 0 Å². The molecule has 0 aliphatic heterocycles. The molecule has 1 nitrogen and oxygen atoms in total. The summed E-state index contributed by atoms with van der Waals surface area (Å²) in [5.74, 6) is -3.33. The molecular weight excluding hydrogens is 249 g/mol. The Kier molecular flexibility index (Phi) is 3.40. The number of hydrogen-bond acceptors (Lipinski definition) is 1. The SMILES string of the molecule is [O-][S+](c1ccccc1)c1c(F)cc(F)cc1F. The fourth-order valence-corrected chi connectivity index (χ4v) is 2.48. The van der Waals surface area contributed by atoms with E-state index in [-0.39, 0.29) is 4.90 Å². The molecule has 0 saturated heterocycles. The molecule has 1 unspecified atom stereocenters. The van der Waals surface area contributed by atoms with E-state index in [4.69, 9.17) is 0 Å². The molecule has 0 aliphatic carbocycles. The molecule has 5 heteroatoms. The largest absolute Gasteiger partial charge is 0.606 e. The van der Waals surface area contributed by atoms with Gasteiger partial charge < -0.3 is 4.55 Å². The van der Waals surface area contributed by atoms with Crippen LogP contribution in [0.25, 0.3) is 0 Å². The van der Waals surface area contributed by atoms with Crippen molar-refractivity contribution in [3.63, 3.8) is 0 Å². The van der Waals surface area contributed by atoms with E-state index in [2.05, 4.69) is 0 Å². The first-order valence-electron chi connectivity index (χ1n) is 4.71. The topological polar surface area (TPSA) is 23.1 Å². The van der Waals surface area contributed by atoms with Crippen molar-refractivity contribution < 1.29 is 17.7 Å². The second kappa shape index (κ2) is 4.81. The number of benzene rings is 2. The summed E-state index contributed by atoms with van der Waals surface area (Å²) in [5, 5.41) is 0. The zero-order valence-corrected chi connectivity index (χ0v) is 9.31. The van der Waals surface area contributed by atoms with Crippen LogP contribution in [0.4, 0.5) is 13.2 Å². The Morgan fingerprint density at radius 1 is 0.882 bits per heavy atom. The number of hydrogen-bond donors (Lipinski definition) is 0. The smallest absolute Gasteiger partial charge is 0.229 e. The van der Waals surface area contributed by atoms with Crippen LogP contribution in [0.3, 0.4) is 0 Å². The van der Waals surface area contributed by atoms with Crippen molar-refractivity contribution >= 4 is 11.2 Å². The quantitative estimate of drug-likeness (QED) is 0.756. The van der Waals surface area contributed by atoms with E-state index in [1.165, 1.54) is 12.1 Å². The van der Waals surface area contributed by atoms with Crippen LogP contribution in [0.1, 0.15) is 0 Å². The van der Waals surface area contributed by atoms with E-state index in [9.17, 15) is 17.7 Å². The molecule has 0 aliphatic rings. The molecule has 0 spiro atoms.